The lowest BCUT2D eigenvalue weighted by Gasteiger charge is -2.47. The maximum Gasteiger partial charge on any atom is 0.255 e. The standard InChI is InChI=1S/C44H46N6O6/c51-32-7-8-33-38(19-32)56-26-35(28-4-2-1-3-5-28)42(33)29-6-10-40(45-21-29)48-14-12-27(13-15-48)22-47-16-17-49-31(24-47)25-55-39-20-34-30(18-37(39)49)23-50(44(34)54)36-9-11-41(52)46-43(36)53/h1-8,10,18-21,27,31,35-36,42,51H,9,11-17,22-26H2,(H,46,52,53)/t31-,35-,36?,42-/m0/s1. The summed E-state index contributed by atoms with van der Waals surface area (Å²) in [4.78, 5) is 51.7. The van der Waals surface area contributed by atoms with Crippen molar-refractivity contribution in [3.8, 4) is 17.2 Å². The minimum Gasteiger partial charge on any atom is -0.508 e. The molecule has 0 aliphatic carbocycles. The molecule has 1 aromatic heterocycles. The Morgan fingerprint density at radius 1 is 0.821 bits per heavy atom. The number of rotatable bonds is 6. The van der Waals surface area contributed by atoms with E-state index in [4.69, 9.17) is 14.5 Å². The molecule has 0 bridgehead atoms. The summed E-state index contributed by atoms with van der Waals surface area (Å²) in [5.41, 5.74) is 5.97. The number of benzene rings is 3. The molecular formula is C44H46N6O6. The number of carbonyl (C=O) groups excluding carboxylic acids is 3. The molecular weight excluding hydrogens is 709 g/mol. The van der Waals surface area contributed by atoms with Gasteiger partial charge in [-0.05, 0) is 66.1 Å². The van der Waals surface area contributed by atoms with Crippen molar-refractivity contribution in [2.24, 2.45) is 5.92 Å². The number of piperazine rings is 1. The maximum atomic E-state index is 13.4. The van der Waals surface area contributed by atoms with Crippen LogP contribution in [-0.2, 0) is 16.1 Å². The first-order valence-corrected chi connectivity index (χ1v) is 20.0. The molecule has 0 radical (unpaired) electrons. The number of nitrogens with one attached hydrogen (secondary N) is 1. The number of anilines is 2. The number of ether oxygens (including phenoxy) is 2. The number of piperidine rings is 2. The van der Waals surface area contributed by atoms with E-state index in [0.29, 0.717) is 37.7 Å². The van der Waals surface area contributed by atoms with E-state index in [0.717, 1.165) is 91.8 Å². The first-order chi connectivity index (χ1) is 27.4. The van der Waals surface area contributed by atoms with Crippen LogP contribution in [0.5, 0.6) is 17.2 Å². The third-order valence-corrected chi connectivity index (χ3v) is 12.9. The SMILES string of the molecule is O=C1CCC(N2Cc3cc4c(cc3C2=O)OC[C@@H]2CN(CC3CCN(c5ccc([C@H]6c7ccc(O)cc7OC[C@H]6c6ccccc6)cn5)CC3)CCN42)C(=O)N1. The normalized spacial score (nSPS) is 25.1. The van der Waals surface area contributed by atoms with E-state index in [2.05, 4.69) is 62.5 Å². The molecule has 3 amide bonds. The fourth-order valence-corrected chi connectivity index (χ4v) is 9.93. The first-order valence-electron chi connectivity index (χ1n) is 20.0. The zero-order chi connectivity index (χ0) is 37.9. The summed E-state index contributed by atoms with van der Waals surface area (Å²) in [6.07, 6.45) is 4.86. The number of hydrogen-bond acceptors (Lipinski definition) is 10. The molecule has 0 saturated carbocycles. The number of pyridine rings is 1. The third kappa shape index (κ3) is 6.29. The highest BCUT2D eigenvalue weighted by atomic mass is 16.5. The van der Waals surface area contributed by atoms with Gasteiger partial charge in [-0.1, -0.05) is 42.5 Å². The summed E-state index contributed by atoms with van der Waals surface area (Å²) in [7, 11) is 0. The largest absolute Gasteiger partial charge is 0.508 e. The van der Waals surface area contributed by atoms with Crippen LogP contribution in [0.4, 0.5) is 11.5 Å². The van der Waals surface area contributed by atoms with Gasteiger partial charge in [-0.3, -0.25) is 24.6 Å². The Morgan fingerprint density at radius 3 is 2.46 bits per heavy atom. The van der Waals surface area contributed by atoms with Gasteiger partial charge in [0, 0.05) is 87.5 Å². The van der Waals surface area contributed by atoms with Gasteiger partial charge in [0.15, 0.2) is 0 Å². The molecule has 4 aromatic rings. The van der Waals surface area contributed by atoms with Crippen LogP contribution in [0.1, 0.15) is 70.1 Å². The number of hydrogen-bond donors (Lipinski definition) is 2. The predicted molar refractivity (Wildman–Crippen MR) is 209 cm³/mol. The van der Waals surface area contributed by atoms with Gasteiger partial charge in [0.1, 0.15) is 35.7 Å². The Labute approximate surface area is 326 Å². The van der Waals surface area contributed by atoms with Crippen LogP contribution in [-0.4, -0.2) is 102 Å². The molecule has 288 valence electrons. The number of aromatic hydroxyl groups is 1. The number of imide groups is 1. The molecule has 10 rings (SSSR count). The zero-order valence-corrected chi connectivity index (χ0v) is 31.3. The monoisotopic (exact) mass is 754 g/mol. The minimum absolute atomic E-state index is 0.0675. The molecule has 7 heterocycles. The summed E-state index contributed by atoms with van der Waals surface area (Å²) in [5.74, 6) is 2.65. The zero-order valence-electron chi connectivity index (χ0n) is 31.3. The number of nitrogens with zero attached hydrogens (tertiary/aromatic N) is 5. The van der Waals surface area contributed by atoms with Crippen molar-refractivity contribution in [1.82, 2.24) is 20.1 Å². The third-order valence-electron chi connectivity index (χ3n) is 12.9. The molecule has 0 spiro atoms. The van der Waals surface area contributed by atoms with E-state index in [-0.39, 0.29) is 41.9 Å². The van der Waals surface area contributed by atoms with Crippen LogP contribution >= 0.6 is 0 Å². The number of aromatic nitrogens is 1. The van der Waals surface area contributed by atoms with Gasteiger partial charge in [0.25, 0.3) is 5.91 Å². The fourth-order valence-electron chi connectivity index (χ4n) is 9.93. The molecule has 12 heteroatoms. The van der Waals surface area contributed by atoms with Crippen molar-refractivity contribution in [2.45, 2.75) is 56.1 Å². The average molecular weight is 755 g/mol. The van der Waals surface area contributed by atoms with E-state index in [1.165, 1.54) is 5.56 Å². The molecule has 6 aliphatic heterocycles. The van der Waals surface area contributed by atoms with Crippen molar-refractivity contribution in [3.63, 3.8) is 0 Å². The minimum atomic E-state index is -0.628. The number of phenolic OH excluding ortho intramolecular Hbond substituents is 1. The summed E-state index contributed by atoms with van der Waals surface area (Å²) < 4.78 is 12.4. The van der Waals surface area contributed by atoms with Gasteiger partial charge >= 0.3 is 0 Å². The van der Waals surface area contributed by atoms with Gasteiger partial charge in [0.05, 0.1) is 18.3 Å². The second kappa shape index (κ2) is 14.1. The van der Waals surface area contributed by atoms with E-state index in [1.807, 2.05) is 24.4 Å². The van der Waals surface area contributed by atoms with Gasteiger partial charge in [0.2, 0.25) is 11.8 Å². The second-order valence-corrected chi connectivity index (χ2v) is 16.2. The lowest BCUT2D eigenvalue weighted by atomic mass is 9.76. The number of phenols is 1. The molecule has 1 unspecified atom stereocenters. The van der Waals surface area contributed by atoms with Gasteiger partial charge in [-0.2, -0.15) is 0 Å². The Kier molecular flexibility index (Phi) is 8.80. The number of fused-ring (bicyclic) bond motifs is 5. The molecule has 56 heavy (non-hydrogen) atoms. The van der Waals surface area contributed by atoms with Gasteiger partial charge in [-0.25, -0.2) is 4.98 Å². The van der Waals surface area contributed by atoms with E-state index < -0.39 is 11.9 Å². The van der Waals surface area contributed by atoms with Gasteiger partial charge < -0.3 is 29.3 Å². The van der Waals surface area contributed by atoms with Crippen LogP contribution in [0.2, 0.25) is 0 Å². The van der Waals surface area contributed by atoms with Crippen molar-refractivity contribution in [1.29, 1.82) is 0 Å². The van der Waals surface area contributed by atoms with Crippen LogP contribution < -0.4 is 24.6 Å². The van der Waals surface area contributed by atoms with Crippen molar-refractivity contribution >= 4 is 29.2 Å². The smallest absolute Gasteiger partial charge is 0.255 e. The van der Waals surface area contributed by atoms with Crippen LogP contribution in [0, 0.1) is 5.92 Å². The van der Waals surface area contributed by atoms with E-state index >= 15 is 0 Å². The van der Waals surface area contributed by atoms with Crippen molar-refractivity contribution in [2.75, 3.05) is 62.3 Å². The van der Waals surface area contributed by atoms with E-state index in [9.17, 15) is 19.5 Å². The Morgan fingerprint density at radius 2 is 1.66 bits per heavy atom. The van der Waals surface area contributed by atoms with Crippen LogP contribution in [0.15, 0.2) is 79.0 Å². The molecule has 2 N–H and O–H groups in total. The quantitative estimate of drug-likeness (QED) is 0.269. The molecule has 3 saturated heterocycles. The Bertz CT molecular complexity index is 2170. The van der Waals surface area contributed by atoms with Crippen LogP contribution in [0.25, 0.3) is 0 Å². The lowest BCUT2D eigenvalue weighted by Crippen LogP contribution is -2.58. The second-order valence-electron chi connectivity index (χ2n) is 16.2. The summed E-state index contributed by atoms with van der Waals surface area (Å²) >= 11 is 0. The Hall–Kier alpha value is -5.62. The highest BCUT2D eigenvalue weighted by Gasteiger charge is 2.42. The molecule has 3 fully saturated rings. The summed E-state index contributed by atoms with van der Waals surface area (Å²) in [5, 5.41) is 12.5. The molecule has 6 aliphatic rings. The topological polar surface area (TPSA) is 128 Å². The predicted octanol–water partition coefficient (Wildman–Crippen LogP) is 4.66. The number of carbonyl (C=O) groups is 3. The highest BCUT2D eigenvalue weighted by molar-refractivity contribution is 6.06. The van der Waals surface area contributed by atoms with Crippen molar-refractivity contribution in [3.05, 3.63) is 107 Å². The fraction of sp³-hybridized carbons (Fsp3) is 0.409. The molecule has 3 aromatic carbocycles. The maximum absolute atomic E-state index is 13.4. The average Bonchev–Trinajstić information content (AvgIpc) is 3.54. The van der Waals surface area contributed by atoms with Crippen molar-refractivity contribution < 1.29 is 29.0 Å². The first kappa shape index (κ1) is 34.8. The highest BCUT2D eigenvalue weighted by Crippen LogP contribution is 2.47. The molecule has 4 atom stereocenters. The lowest BCUT2D eigenvalue weighted by molar-refractivity contribution is -0.136. The van der Waals surface area contributed by atoms with Crippen LogP contribution in [0.3, 0.4) is 0 Å². The molecule has 12 nitrogen and oxygen atoms in total. The van der Waals surface area contributed by atoms with Gasteiger partial charge in [-0.15, -0.1) is 0 Å². The van der Waals surface area contributed by atoms with E-state index in [1.54, 1.807) is 17.0 Å². The summed E-state index contributed by atoms with van der Waals surface area (Å²) in [6.45, 7) is 7.28. The number of amides is 3. The Balaban J connectivity index is 0.757. The summed E-state index contributed by atoms with van der Waals surface area (Å²) in [6, 6.07) is 23.9.